The van der Waals surface area contributed by atoms with Crippen LogP contribution >= 0.6 is 0 Å². The first-order valence-corrected chi connectivity index (χ1v) is 12.1. The van der Waals surface area contributed by atoms with Gasteiger partial charge in [-0.3, -0.25) is 14.5 Å². The first-order chi connectivity index (χ1) is 16.6. The quantitative estimate of drug-likeness (QED) is 0.657. The maximum atomic E-state index is 13.8. The molecule has 2 fully saturated rings. The standard InChI is InChI=1S/C27H33N3O5/c1-15(2)10-12-28-20-14-17(35-5)8-9-18(20)22-23(28)21(13-16(3)4)30-25(32)19-7-6-11-29(19)26(33)27(30,34)24(22)31/h8-10,13-14,19,21,24,31,34H,6-7,11-12H2,1-5H3/t19?,21?,24?,27-/m1/s1. The zero-order valence-corrected chi connectivity index (χ0v) is 20.9. The van der Waals surface area contributed by atoms with E-state index in [0.717, 1.165) is 22.0 Å². The Morgan fingerprint density at radius 3 is 2.60 bits per heavy atom. The van der Waals surface area contributed by atoms with Crippen molar-refractivity contribution in [1.29, 1.82) is 0 Å². The summed E-state index contributed by atoms with van der Waals surface area (Å²) in [7, 11) is 1.60. The Labute approximate surface area is 205 Å². The van der Waals surface area contributed by atoms with Gasteiger partial charge in [0.15, 0.2) is 0 Å². The van der Waals surface area contributed by atoms with Gasteiger partial charge in [-0.2, -0.15) is 0 Å². The van der Waals surface area contributed by atoms with Crippen molar-refractivity contribution in [3.63, 3.8) is 0 Å². The number of aliphatic hydroxyl groups excluding tert-OH is 1. The lowest BCUT2D eigenvalue weighted by molar-refractivity contribution is -0.229. The van der Waals surface area contributed by atoms with Crippen molar-refractivity contribution in [3.05, 3.63) is 52.8 Å². The number of methoxy groups -OCH3 is 1. The number of nitrogens with zero attached hydrogens (tertiary/aromatic N) is 3. The SMILES string of the molecule is COc1ccc2c3c(n(CC=C(C)C)c2c1)C(C=C(C)C)N1C(=O)C2CCCN2C(=O)[C@]1(O)C3O. The van der Waals surface area contributed by atoms with Gasteiger partial charge in [0.2, 0.25) is 5.91 Å². The fourth-order valence-electron chi connectivity index (χ4n) is 5.88. The molecule has 2 aromatic rings. The summed E-state index contributed by atoms with van der Waals surface area (Å²) >= 11 is 0. The van der Waals surface area contributed by atoms with Gasteiger partial charge in [0.05, 0.1) is 24.4 Å². The van der Waals surface area contributed by atoms with Gasteiger partial charge in [0, 0.05) is 30.1 Å². The third-order valence-electron chi connectivity index (χ3n) is 7.46. The second kappa shape index (κ2) is 8.24. The van der Waals surface area contributed by atoms with Gasteiger partial charge in [-0.25, -0.2) is 0 Å². The van der Waals surface area contributed by atoms with E-state index < -0.39 is 29.8 Å². The normalized spacial score (nSPS) is 27.5. The summed E-state index contributed by atoms with van der Waals surface area (Å²) in [4.78, 5) is 30.2. The minimum Gasteiger partial charge on any atom is -0.497 e. The van der Waals surface area contributed by atoms with Crippen molar-refractivity contribution in [2.45, 2.75) is 71.0 Å². The van der Waals surface area contributed by atoms with Crippen LogP contribution in [0.1, 0.15) is 63.9 Å². The summed E-state index contributed by atoms with van der Waals surface area (Å²) in [6.45, 7) is 8.79. The summed E-state index contributed by atoms with van der Waals surface area (Å²) < 4.78 is 7.54. The molecular formula is C27H33N3O5. The van der Waals surface area contributed by atoms with Crippen LogP contribution < -0.4 is 4.74 Å². The highest BCUT2D eigenvalue weighted by atomic mass is 16.5. The van der Waals surface area contributed by atoms with Gasteiger partial charge in [-0.05, 0) is 52.7 Å². The minimum atomic E-state index is -2.38. The number of aromatic nitrogens is 1. The van der Waals surface area contributed by atoms with E-state index in [9.17, 15) is 19.8 Å². The number of allylic oxidation sites excluding steroid dienone is 3. The molecule has 186 valence electrons. The molecule has 3 aliphatic rings. The maximum absolute atomic E-state index is 13.8. The second-order valence-electron chi connectivity index (χ2n) is 10.3. The van der Waals surface area contributed by atoms with Crippen LogP contribution in [0.25, 0.3) is 10.9 Å². The number of fused-ring (bicyclic) bond motifs is 5. The van der Waals surface area contributed by atoms with Crippen molar-refractivity contribution in [2.75, 3.05) is 13.7 Å². The monoisotopic (exact) mass is 479 g/mol. The number of benzene rings is 1. The van der Waals surface area contributed by atoms with Crippen LogP contribution in [0.2, 0.25) is 0 Å². The minimum absolute atomic E-state index is 0.326. The predicted octanol–water partition coefficient (Wildman–Crippen LogP) is 3.19. The van der Waals surface area contributed by atoms with Crippen LogP contribution in [0.15, 0.2) is 41.5 Å². The fraction of sp³-hybridized carbons (Fsp3) is 0.481. The number of amides is 2. The second-order valence-corrected chi connectivity index (χ2v) is 10.3. The largest absolute Gasteiger partial charge is 0.497 e. The Hall–Kier alpha value is -3.10. The lowest BCUT2D eigenvalue weighted by atomic mass is 9.82. The number of aliphatic hydroxyl groups is 2. The zero-order chi connectivity index (χ0) is 25.2. The smallest absolute Gasteiger partial charge is 0.279 e. The van der Waals surface area contributed by atoms with Gasteiger partial charge < -0.3 is 24.4 Å². The number of hydrogen-bond acceptors (Lipinski definition) is 5. The molecule has 4 heterocycles. The van der Waals surface area contributed by atoms with Gasteiger partial charge in [-0.1, -0.05) is 23.3 Å². The topological polar surface area (TPSA) is 95.2 Å². The van der Waals surface area contributed by atoms with Crippen LogP contribution in [0.5, 0.6) is 5.75 Å². The number of rotatable bonds is 4. The van der Waals surface area contributed by atoms with E-state index in [0.29, 0.717) is 42.9 Å². The van der Waals surface area contributed by atoms with Crippen molar-refractivity contribution in [2.24, 2.45) is 0 Å². The summed E-state index contributed by atoms with van der Waals surface area (Å²) in [5.41, 5.74) is 1.67. The summed E-state index contributed by atoms with van der Waals surface area (Å²) in [5.74, 6) is -0.278. The van der Waals surface area contributed by atoms with E-state index in [1.165, 1.54) is 9.80 Å². The van der Waals surface area contributed by atoms with Crippen molar-refractivity contribution in [3.8, 4) is 5.75 Å². The number of piperazine rings is 1. The predicted molar refractivity (Wildman–Crippen MR) is 132 cm³/mol. The summed E-state index contributed by atoms with van der Waals surface area (Å²) in [6.07, 6.45) is 3.63. The summed E-state index contributed by atoms with van der Waals surface area (Å²) in [6, 6.07) is 4.22. The summed E-state index contributed by atoms with van der Waals surface area (Å²) in [5, 5.41) is 24.4. The molecule has 3 aliphatic heterocycles. The fourth-order valence-corrected chi connectivity index (χ4v) is 5.88. The van der Waals surface area contributed by atoms with E-state index in [1.54, 1.807) is 13.2 Å². The van der Waals surface area contributed by atoms with Crippen LogP contribution in [0, 0.1) is 0 Å². The highest BCUT2D eigenvalue weighted by Crippen LogP contribution is 2.52. The Morgan fingerprint density at radius 1 is 1.20 bits per heavy atom. The van der Waals surface area contributed by atoms with Crippen LogP contribution in [-0.2, 0) is 16.1 Å². The van der Waals surface area contributed by atoms with E-state index in [2.05, 4.69) is 10.6 Å². The molecule has 4 atom stereocenters. The van der Waals surface area contributed by atoms with Crippen LogP contribution in [0.4, 0.5) is 0 Å². The first-order valence-electron chi connectivity index (χ1n) is 12.1. The molecule has 1 aromatic heterocycles. The molecule has 1 aromatic carbocycles. The van der Waals surface area contributed by atoms with E-state index >= 15 is 0 Å². The Kier molecular flexibility index (Phi) is 5.56. The molecule has 8 heteroatoms. The maximum Gasteiger partial charge on any atom is 0.279 e. The lowest BCUT2D eigenvalue weighted by Crippen LogP contribution is -2.74. The molecule has 0 saturated carbocycles. The average molecular weight is 480 g/mol. The molecule has 0 aliphatic carbocycles. The zero-order valence-electron chi connectivity index (χ0n) is 20.9. The van der Waals surface area contributed by atoms with Crippen molar-refractivity contribution in [1.82, 2.24) is 14.4 Å². The van der Waals surface area contributed by atoms with Crippen LogP contribution in [0.3, 0.4) is 0 Å². The molecule has 2 amide bonds. The van der Waals surface area contributed by atoms with Crippen molar-refractivity contribution >= 4 is 22.7 Å². The first kappa shape index (κ1) is 23.6. The number of ether oxygens (including phenoxy) is 1. The number of carbonyl (C=O) groups is 2. The molecule has 2 saturated heterocycles. The molecule has 5 rings (SSSR count). The molecule has 2 N–H and O–H groups in total. The molecule has 0 spiro atoms. The van der Waals surface area contributed by atoms with Crippen molar-refractivity contribution < 1.29 is 24.5 Å². The molecule has 3 unspecified atom stereocenters. The molecule has 8 nitrogen and oxygen atoms in total. The van der Waals surface area contributed by atoms with E-state index in [4.69, 9.17) is 4.74 Å². The molecular weight excluding hydrogens is 446 g/mol. The van der Waals surface area contributed by atoms with E-state index in [1.807, 2.05) is 45.9 Å². The van der Waals surface area contributed by atoms with Gasteiger partial charge >= 0.3 is 0 Å². The molecule has 0 radical (unpaired) electrons. The lowest BCUT2D eigenvalue weighted by Gasteiger charge is -2.54. The third kappa shape index (κ3) is 3.27. The molecule has 0 bridgehead atoms. The highest BCUT2D eigenvalue weighted by Gasteiger charge is 2.65. The highest BCUT2D eigenvalue weighted by molar-refractivity contribution is 6.02. The van der Waals surface area contributed by atoms with Gasteiger partial charge in [0.1, 0.15) is 17.9 Å². The Balaban J connectivity index is 1.86. The average Bonchev–Trinajstić information content (AvgIpc) is 3.42. The van der Waals surface area contributed by atoms with Gasteiger partial charge in [-0.15, -0.1) is 0 Å². The van der Waals surface area contributed by atoms with E-state index in [-0.39, 0.29) is 5.91 Å². The number of carbonyl (C=O) groups excluding carboxylic acids is 2. The third-order valence-corrected chi connectivity index (χ3v) is 7.46. The number of hydrogen-bond donors (Lipinski definition) is 2. The Bertz CT molecular complexity index is 1280. The Morgan fingerprint density at radius 2 is 1.94 bits per heavy atom. The van der Waals surface area contributed by atoms with Crippen LogP contribution in [-0.4, -0.2) is 61.8 Å². The molecule has 35 heavy (non-hydrogen) atoms. The van der Waals surface area contributed by atoms with Gasteiger partial charge in [0.25, 0.3) is 11.6 Å².